The van der Waals surface area contributed by atoms with E-state index in [2.05, 4.69) is 127 Å². The standard InChI is InChI=1S/C48H63N3O5.C2H6/c1-9-11-12-13-15-36(28-35(3)40-30-39(14-10-2)48(56-8)47(32-40)55-7)34-51(41-17-19-43(52-4)20-18-41)42-23-26-50(27-24-42)33-37-22-25-49-44(29-37)38-16-21-45(53-5)46(31-38)54-6;1-2/h12-13,15-22,25,28-32,42,44,49H,9-11,14,23-24,26-27,33-34H2,1-8H3;1-2H3/b13-12-,35-28+,36-15+;. The highest BCUT2D eigenvalue weighted by Crippen LogP contribution is 2.37. The lowest BCUT2D eigenvalue weighted by Crippen LogP contribution is -2.46. The third-order valence-electron chi connectivity index (χ3n) is 10.7. The minimum absolute atomic E-state index is 0.0724. The molecule has 8 heteroatoms. The van der Waals surface area contributed by atoms with Gasteiger partial charge in [0.15, 0.2) is 23.0 Å². The average molecular weight is 792 g/mol. The van der Waals surface area contributed by atoms with E-state index in [-0.39, 0.29) is 6.04 Å². The van der Waals surface area contributed by atoms with E-state index in [0.29, 0.717) is 6.04 Å². The number of rotatable bonds is 19. The van der Waals surface area contributed by atoms with Crippen LogP contribution < -0.4 is 33.9 Å². The lowest BCUT2D eigenvalue weighted by Gasteiger charge is -2.40. The van der Waals surface area contributed by atoms with Crippen molar-refractivity contribution in [1.29, 1.82) is 0 Å². The number of piperidine rings is 1. The number of anilines is 1. The van der Waals surface area contributed by atoms with Gasteiger partial charge in [-0.1, -0.05) is 77.0 Å². The van der Waals surface area contributed by atoms with E-state index >= 15 is 0 Å². The highest BCUT2D eigenvalue weighted by atomic mass is 16.5. The highest BCUT2D eigenvalue weighted by molar-refractivity contribution is 5.71. The van der Waals surface area contributed by atoms with E-state index in [0.717, 1.165) is 105 Å². The molecule has 0 amide bonds. The molecule has 58 heavy (non-hydrogen) atoms. The third-order valence-corrected chi connectivity index (χ3v) is 10.7. The van der Waals surface area contributed by atoms with Crippen molar-refractivity contribution in [2.45, 2.75) is 85.2 Å². The largest absolute Gasteiger partial charge is 0.497 e. The molecular weight excluding hydrogens is 723 g/mol. The Morgan fingerprint density at radius 1 is 0.828 bits per heavy atom. The smallest absolute Gasteiger partial charge is 0.163 e. The molecule has 1 saturated heterocycles. The third kappa shape index (κ3) is 12.5. The maximum atomic E-state index is 5.81. The van der Waals surface area contributed by atoms with Crippen molar-refractivity contribution in [3.63, 3.8) is 0 Å². The first-order valence-electron chi connectivity index (χ1n) is 21.1. The van der Waals surface area contributed by atoms with Crippen molar-refractivity contribution >= 4 is 11.3 Å². The second kappa shape index (κ2) is 24.0. The summed E-state index contributed by atoms with van der Waals surface area (Å²) in [7, 11) is 8.51. The van der Waals surface area contributed by atoms with E-state index in [1.807, 2.05) is 19.9 Å². The number of benzene rings is 3. The van der Waals surface area contributed by atoms with Crippen LogP contribution in [0, 0.1) is 0 Å². The lowest BCUT2D eigenvalue weighted by atomic mass is 9.97. The number of hydrogen-bond acceptors (Lipinski definition) is 8. The van der Waals surface area contributed by atoms with E-state index in [4.69, 9.17) is 23.7 Å². The number of unbranched alkanes of at least 4 members (excludes halogenated alkanes) is 1. The van der Waals surface area contributed by atoms with E-state index in [9.17, 15) is 0 Å². The van der Waals surface area contributed by atoms with Gasteiger partial charge in [-0.05, 0) is 127 Å². The van der Waals surface area contributed by atoms with Crippen LogP contribution in [0.2, 0.25) is 0 Å². The molecule has 1 N–H and O–H groups in total. The van der Waals surface area contributed by atoms with Crippen LogP contribution in [0.3, 0.4) is 0 Å². The molecule has 0 radical (unpaired) electrons. The normalized spacial score (nSPS) is 16.2. The Morgan fingerprint density at radius 2 is 1.55 bits per heavy atom. The van der Waals surface area contributed by atoms with Gasteiger partial charge in [0, 0.05) is 37.9 Å². The molecule has 0 spiro atoms. The molecule has 0 saturated carbocycles. The predicted molar refractivity (Wildman–Crippen MR) is 243 cm³/mol. The molecule has 2 heterocycles. The summed E-state index contributed by atoms with van der Waals surface area (Å²) in [5.74, 6) is 3.94. The Labute approximate surface area is 349 Å². The zero-order valence-corrected chi connectivity index (χ0v) is 36.9. The van der Waals surface area contributed by atoms with Crippen LogP contribution in [-0.2, 0) is 6.42 Å². The van der Waals surface area contributed by atoms with Crippen molar-refractivity contribution in [2.75, 3.05) is 66.6 Å². The van der Waals surface area contributed by atoms with Gasteiger partial charge in [0.1, 0.15) is 5.75 Å². The van der Waals surface area contributed by atoms with Crippen molar-refractivity contribution in [2.24, 2.45) is 0 Å². The summed E-state index contributed by atoms with van der Waals surface area (Å²) < 4.78 is 28.2. The van der Waals surface area contributed by atoms with Crippen LogP contribution in [0.15, 0.2) is 108 Å². The van der Waals surface area contributed by atoms with Crippen LogP contribution in [0.5, 0.6) is 28.7 Å². The van der Waals surface area contributed by atoms with Gasteiger partial charge in [-0.15, -0.1) is 0 Å². The second-order valence-electron chi connectivity index (χ2n) is 14.6. The minimum Gasteiger partial charge on any atom is -0.497 e. The summed E-state index contributed by atoms with van der Waals surface area (Å²) >= 11 is 0. The molecule has 2 aliphatic heterocycles. The first-order chi connectivity index (χ1) is 28.3. The molecule has 314 valence electrons. The van der Waals surface area contributed by atoms with Crippen molar-refractivity contribution in [3.8, 4) is 28.7 Å². The van der Waals surface area contributed by atoms with Gasteiger partial charge in [0.05, 0.1) is 41.6 Å². The fourth-order valence-corrected chi connectivity index (χ4v) is 7.66. The fourth-order valence-electron chi connectivity index (χ4n) is 7.66. The van der Waals surface area contributed by atoms with Crippen LogP contribution in [-0.4, -0.2) is 72.7 Å². The summed E-state index contributed by atoms with van der Waals surface area (Å²) in [5.41, 5.74) is 8.43. The molecule has 1 atom stereocenters. The number of dihydropyridines is 1. The minimum atomic E-state index is 0.0724. The molecule has 8 nitrogen and oxygen atoms in total. The van der Waals surface area contributed by atoms with E-state index in [1.165, 1.54) is 28.0 Å². The van der Waals surface area contributed by atoms with Gasteiger partial charge in [0.2, 0.25) is 0 Å². The summed E-state index contributed by atoms with van der Waals surface area (Å²) in [5, 5.41) is 3.51. The number of methoxy groups -OCH3 is 5. The molecule has 2 aliphatic rings. The Hall–Kier alpha value is -5.08. The van der Waals surface area contributed by atoms with Crippen molar-refractivity contribution in [3.05, 3.63) is 125 Å². The Morgan fingerprint density at radius 3 is 2.19 bits per heavy atom. The first kappa shape index (κ1) is 45.6. The van der Waals surface area contributed by atoms with E-state index in [1.54, 1.807) is 35.5 Å². The van der Waals surface area contributed by atoms with Crippen LogP contribution in [0.25, 0.3) is 5.57 Å². The lowest BCUT2D eigenvalue weighted by molar-refractivity contribution is 0.225. The summed E-state index contributed by atoms with van der Waals surface area (Å²) in [6.07, 6.45) is 22.0. The van der Waals surface area contributed by atoms with Gasteiger partial charge in [-0.2, -0.15) is 0 Å². The number of allylic oxidation sites excluding steroid dienone is 4. The van der Waals surface area contributed by atoms with Crippen molar-refractivity contribution < 1.29 is 23.7 Å². The van der Waals surface area contributed by atoms with Gasteiger partial charge < -0.3 is 33.9 Å². The molecule has 0 bridgehead atoms. The predicted octanol–water partition coefficient (Wildman–Crippen LogP) is 11.1. The number of likely N-dealkylation sites (tertiary alicyclic amines) is 1. The SMILES string of the molecule is CC.CCC\C=C/C=C(\C=C(/C)c1cc(CCC)c(OC)c(OC)c1)CN(c1ccc(OC)cc1)C1CCN(CC2=CC(c3ccc(OC)c(OC)c3)NC=C2)CC1. The van der Waals surface area contributed by atoms with Crippen LogP contribution in [0.1, 0.15) is 89.5 Å². The van der Waals surface area contributed by atoms with E-state index < -0.39 is 0 Å². The monoisotopic (exact) mass is 792 g/mol. The number of nitrogens with zero attached hydrogens (tertiary/aromatic N) is 2. The average Bonchev–Trinajstić information content (AvgIpc) is 3.27. The first-order valence-corrected chi connectivity index (χ1v) is 21.1. The topological polar surface area (TPSA) is 64.7 Å². The summed E-state index contributed by atoms with van der Waals surface area (Å²) in [6.45, 7) is 14.4. The van der Waals surface area contributed by atoms with Crippen LogP contribution in [0.4, 0.5) is 5.69 Å². The molecule has 1 fully saturated rings. The number of nitrogens with one attached hydrogen (secondary N) is 1. The molecule has 0 aliphatic carbocycles. The Bertz CT molecular complexity index is 1870. The van der Waals surface area contributed by atoms with Gasteiger partial charge >= 0.3 is 0 Å². The molecule has 5 rings (SSSR count). The van der Waals surface area contributed by atoms with Gasteiger partial charge in [0.25, 0.3) is 0 Å². The second-order valence-corrected chi connectivity index (χ2v) is 14.6. The quantitative estimate of drug-likeness (QED) is 0.120. The maximum Gasteiger partial charge on any atom is 0.163 e. The molecule has 3 aromatic carbocycles. The Kier molecular flexibility index (Phi) is 18.9. The highest BCUT2D eigenvalue weighted by Gasteiger charge is 2.27. The maximum absolute atomic E-state index is 5.81. The molecular formula is C50H69N3O5. The van der Waals surface area contributed by atoms with Gasteiger partial charge in [-0.25, -0.2) is 0 Å². The zero-order valence-electron chi connectivity index (χ0n) is 36.9. The zero-order chi connectivity index (χ0) is 41.9. The number of hydrogen-bond donors (Lipinski definition) is 1. The fraction of sp³-hybridized carbons (Fsp3) is 0.440. The van der Waals surface area contributed by atoms with Crippen LogP contribution >= 0.6 is 0 Å². The molecule has 0 aromatic heterocycles. The number of aryl methyl sites for hydroxylation is 1. The summed E-state index contributed by atoms with van der Waals surface area (Å²) in [4.78, 5) is 5.20. The van der Waals surface area contributed by atoms with Gasteiger partial charge in [-0.3, -0.25) is 4.90 Å². The van der Waals surface area contributed by atoms with Crippen molar-refractivity contribution in [1.82, 2.24) is 10.2 Å². The molecule has 1 unspecified atom stereocenters. The Balaban J connectivity index is 0.00000366. The number of ether oxygens (including phenoxy) is 5. The molecule has 3 aromatic rings. The summed E-state index contributed by atoms with van der Waals surface area (Å²) in [6, 6.07) is 19.5.